The average Bonchev–Trinajstić information content (AvgIpc) is 3.06. The third-order valence-electron chi connectivity index (χ3n) is 4.39. The summed E-state index contributed by atoms with van der Waals surface area (Å²) < 4.78 is 27.0. The molecule has 0 spiro atoms. The zero-order valence-electron chi connectivity index (χ0n) is 14.8. The average molecular weight is 365 g/mol. The van der Waals surface area contributed by atoms with Gasteiger partial charge in [0, 0.05) is 29.1 Å². The van der Waals surface area contributed by atoms with Crippen LogP contribution in [0.15, 0.2) is 48.5 Å². The molecule has 1 atom stereocenters. The Balaban J connectivity index is 1.81. The Morgan fingerprint density at radius 1 is 0.963 bits per heavy atom. The lowest BCUT2D eigenvalue weighted by molar-refractivity contribution is 0.626. The molecule has 0 aliphatic carbocycles. The zero-order valence-corrected chi connectivity index (χ0v) is 14.8. The number of hydrogen-bond donors (Lipinski definition) is 2. The highest BCUT2D eigenvalue weighted by Crippen LogP contribution is 2.29. The summed E-state index contributed by atoms with van der Waals surface area (Å²) in [5.74, 6) is 0.786. The van der Waals surface area contributed by atoms with E-state index in [0.29, 0.717) is 28.4 Å². The normalized spacial score (nSPS) is 12.3. The predicted octanol–water partition coefficient (Wildman–Crippen LogP) is 4.83. The van der Waals surface area contributed by atoms with E-state index in [1.54, 1.807) is 18.2 Å². The minimum absolute atomic E-state index is 0.195. The number of nitrogens with one attached hydrogen (secondary N) is 2. The van der Waals surface area contributed by atoms with Crippen molar-refractivity contribution < 1.29 is 8.78 Å². The number of rotatable bonds is 4. The van der Waals surface area contributed by atoms with Crippen molar-refractivity contribution in [3.05, 3.63) is 77.2 Å². The van der Waals surface area contributed by atoms with Crippen LogP contribution in [0.3, 0.4) is 0 Å². The number of aryl methyl sites for hydroxylation is 1. The maximum atomic E-state index is 13.8. The molecule has 0 aliphatic rings. The lowest BCUT2D eigenvalue weighted by Crippen LogP contribution is -2.06. The van der Waals surface area contributed by atoms with Gasteiger partial charge >= 0.3 is 0 Å². The fourth-order valence-corrected chi connectivity index (χ4v) is 2.91. The second kappa shape index (κ2) is 6.75. The Bertz CT molecular complexity index is 1110. The second-order valence-electron chi connectivity index (χ2n) is 6.43. The third-order valence-corrected chi connectivity index (χ3v) is 4.39. The highest BCUT2D eigenvalue weighted by atomic mass is 19.1. The summed E-state index contributed by atoms with van der Waals surface area (Å²) in [6, 6.07) is 12.4. The zero-order chi connectivity index (χ0) is 19.0. The fraction of sp³-hybridized carbons (Fsp3) is 0.150. The van der Waals surface area contributed by atoms with Gasteiger partial charge in [0.2, 0.25) is 0 Å². The van der Waals surface area contributed by atoms with Crippen LogP contribution in [0.1, 0.15) is 29.9 Å². The van der Waals surface area contributed by atoms with E-state index < -0.39 is 0 Å². The van der Waals surface area contributed by atoms with Gasteiger partial charge in [-0.1, -0.05) is 19.1 Å². The molecule has 4 rings (SSSR count). The molecule has 2 aromatic heterocycles. The van der Waals surface area contributed by atoms with E-state index in [4.69, 9.17) is 0 Å². The number of nitrogens with zero attached hydrogens (tertiary/aromatic N) is 3. The van der Waals surface area contributed by atoms with E-state index in [1.165, 1.54) is 24.3 Å². The molecule has 0 radical (unpaired) electrons. The van der Waals surface area contributed by atoms with Crippen molar-refractivity contribution in [3.63, 3.8) is 0 Å². The smallest absolute Gasteiger partial charge is 0.153 e. The summed E-state index contributed by atoms with van der Waals surface area (Å²) in [4.78, 5) is 9.17. The SMILES string of the molecule is Cc1cc(Nc2nc(C(C)c3ccc(F)cc3)nc3cc(F)ccc23)n[nH]1. The van der Waals surface area contributed by atoms with Crippen LogP contribution in [0.2, 0.25) is 0 Å². The molecule has 1 unspecified atom stereocenters. The molecule has 0 saturated carbocycles. The van der Waals surface area contributed by atoms with Crippen LogP contribution in [-0.4, -0.2) is 20.2 Å². The number of aromatic nitrogens is 4. The number of benzene rings is 2. The van der Waals surface area contributed by atoms with Gasteiger partial charge in [0.05, 0.1) is 5.52 Å². The minimum atomic E-state index is -0.372. The number of H-pyrrole nitrogens is 1. The molecule has 7 heteroatoms. The van der Waals surface area contributed by atoms with Gasteiger partial charge in [0.25, 0.3) is 0 Å². The molecule has 5 nitrogen and oxygen atoms in total. The van der Waals surface area contributed by atoms with Gasteiger partial charge < -0.3 is 5.32 Å². The Morgan fingerprint density at radius 2 is 1.70 bits per heavy atom. The summed E-state index contributed by atoms with van der Waals surface area (Å²) in [5.41, 5.74) is 2.26. The number of halogens is 2. The van der Waals surface area contributed by atoms with Crippen LogP contribution < -0.4 is 5.32 Å². The van der Waals surface area contributed by atoms with Crippen molar-refractivity contribution in [3.8, 4) is 0 Å². The summed E-state index contributed by atoms with van der Waals surface area (Å²) in [6.45, 7) is 3.82. The molecule has 0 bridgehead atoms. The molecule has 0 amide bonds. The van der Waals surface area contributed by atoms with Gasteiger partial charge in [0.1, 0.15) is 23.3 Å². The second-order valence-corrected chi connectivity index (χ2v) is 6.43. The van der Waals surface area contributed by atoms with Crippen molar-refractivity contribution in [2.24, 2.45) is 0 Å². The Labute approximate surface area is 154 Å². The van der Waals surface area contributed by atoms with Crippen LogP contribution >= 0.6 is 0 Å². The number of anilines is 2. The highest BCUT2D eigenvalue weighted by Gasteiger charge is 2.16. The van der Waals surface area contributed by atoms with E-state index in [2.05, 4.69) is 25.5 Å². The summed E-state index contributed by atoms with van der Waals surface area (Å²) in [6.07, 6.45) is 0. The quantitative estimate of drug-likeness (QED) is 0.543. The van der Waals surface area contributed by atoms with Gasteiger partial charge in [-0.05, 0) is 36.8 Å². The monoisotopic (exact) mass is 365 g/mol. The number of hydrogen-bond acceptors (Lipinski definition) is 4. The van der Waals surface area contributed by atoms with E-state index in [9.17, 15) is 8.78 Å². The van der Waals surface area contributed by atoms with Crippen molar-refractivity contribution >= 4 is 22.5 Å². The molecule has 0 aliphatic heterocycles. The van der Waals surface area contributed by atoms with E-state index in [1.807, 2.05) is 19.9 Å². The molecule has 0 fully saturated rings. The molecular formula is C20H17F2N5. The van der Waals surface area contributed by atoms with E-state index >= 15 is 0 Å². The maximum absolute atomic E-state index is 13.8. The molecule has 27 heavy (non-hydrogen) atoms. The first kappa shape index (κ1) is 17.1. The van der Waals surface area contributed by atoms with Gasteiger partial charge in [-0.3, -0.25) is 5.10 Å². The molecule has 4 aromatic rings. The van der Waals surface area contributed by atoms with Crippen molar-refractivity contribution in [1.29, 1.82) is 0 Å². The van der Waals surface area contributed by atoms with Gasteiger partial charge in [-0.25, -0.2) is 18.7 Å². The van der Waals surface area contributed by atoms with Crippen molar-refractivity contribution in [2.45, 2.75) is 19.8 Å². The van der Waals surface area contributed by atoms with Gasteiger partial charge in [-0.2, -0.15) is 5.10 Å². The topological polar surface area (TPSA) is 66.5 Å². The Kier molecular flexibility index (Phi) is 4.27. The molecule has 136 valence electrons. The van der Waals surface area contributed by atoms with E-state index in [0.717, 1.165) is 11.3 Å². The fourth-order valence-electron chi connectivity index (χ4n) is 2.91. The highest BCUT2D eigenvalue weighted by molar-refractivity contribution is 5.90. The number of aromatic amines is 1. The summed E-state index contributed by atoms with van der Waals surface area (Å²) in [7, 11) is 0. The van der Waals surface area contributed by atoms with Gasteiger partial charge in [0.15, 0.2) is 5.82 Å². The van der Waals surface area contributed by atoms with Crippen molar-refractivity contribution in [2.75, 3.05) is 5.32 Å². The van der Waals surface area contributed by atoms with Crippen molar-refractivity contribution in [1.82, 2.24) is 20.2 Å². The molecule has 2 aromatic carbocycles. The first-order valence-corrected chi connectivity index (χ1v) is 8.51. The minimum Gasteiger partial charge on any atom is -0.323 e. The maximum Gasteiger partial charge on any atom is 0.153 e. The van der Waals surface area contributed by atoms with Crippen LogP contribution in [0.5, 0.6) is 0 Å². The first-order chi connectivity index (χ1) is 13.0. The Morgan fingerprint density at radius 3 is 2.41 bits per heavy atom. The first-order valence-electron chi connectivity index (χ1n) is 8.51. The summed E-state index contributed by atoms with van der Waals surface area (Å²) >= 11 is 0. The molecule has 0 saturated heterocycles. The lowest BCUT2D eigenvalue weighted by Gasteiger charge is -2.14. The van der Waals surface area contributed by atoms with Crippen LogP contribution in [0.4, 0.5) is 20.4 Å². The Hall–Kier alpha value is -3.35. The summed E-state index contributed by atoms with van der Waals surface area (Å²) in [5, 5.41) is 10.9. The van der Waals surface area contributed by atoms with Crippen LogP contribution in [0.25, 0.3) is 10.9 Å². The largest absolute Gasteiger partial charge is 0.323 e. The standard InChI is InChI=1S/C20H17F2N5/c1-11-9-18(27-26-11)24-20-16-8-7-15(22)10-17(16)23-19(25-20)12(2)13-3-5-14(21)6-4-13/h3-10,12H,1-2H3,(H2,23,24,25,26,27). The van der Waals surface area contributed by atoms with E-state index in [-0.39, 0.29) is 17.6 Å². The van der Waals surface area contributed by atoms with Gasteiger partial charge in [-0.15, -0.1) is 0 Å². The van der Waals surface area contributed by atoms with Crippen LogP contribution in [0, 0.1) is 18.6 Å². The number of fused-ring (bicyclic) bond motifs is 1. The molecule has 2 N–H and O–H groups in total. The molecule has 2 heterocycles. The molecular weight excluding hydrogens is 348 g/mol. The third kappa shape index (κ3) is 3.48. The van der Waals surface area contributed by atoms with Crippen LogP contribution in [-0.2, 0) is 0 Å². The predicted molar refractivity (Wildman–Crippen MR) is 100 cm³/mol. The lowest BCUT2D eigenvalue weighted by atomic mass is 10.00.